The van der Waals surface area contributed by atoms with Crippen LogP contribution in [0.3, 0.4) is 0 Å². The summed E-state index contributed by atoms with van der Waals surface area (Å²) in [4.78, 5) is 38.0. The van der Waals surface area contributed by atoms with Crippen LogP contribution in [-0.2, 0) is 28.6 Å². The van der Waals surface area contributed by atoms with E-state index in [4.69, 9.17) is 14.2 Å². The van der Waals surface area contributed by atoms with Crippen molar-refractivity contribution in [2.24, 2.45) is 0 Å². The maximum Gasteiger partial charge on any atom is 0.306 e. The molecule has 1 atom stereocenters. The minimum absolute atomic E-state index is 0.104. The molecule has 0 aliphatic heterocycles. The fraction of sp³-hybridized carbons (Fsp3) is 0.609. The van der Waals surface area contributed by atoms with Crippen LogP contribution in [0.15, 0.2) is 134 Å². The first-order valence-corrected chi connectivity index (χ1v) is 28.2. The molecule has 394 valence electrons. The molecule has 0 aliphatic carbocycles. The molecule has 0 aromatic carbocycles. The summed E-state index contributed by atoms with van der Waals surface area (Å²) in [5.74, 6) is -0.973. The predicted octanol–water partition coefficient (Wildman–Crippen LogP) is 19.0. The second kappa shape index (κ2) is 57.1. The molecular formula is C64H102O6. The largest absolute Gasteiger partial charge is 0.462 e. The highest BCUT2D eigenvalue weighted by Crippen LogP contribution is 2.13. The summed E-state index contributed by atoms with van der Waals surface area (Å²) in [6, 6.07) is 0. The van der Waals surface area contributed by atoms with E-state index < -0.39 is 6.10 Å². The van der Waals surface area contributed by atoms with Gasteiger partial charge < -0.3 is 14.2 Å². The van der Waals surface area contributed by atoms with Crippen molar-refractivity contribution in [2.45, 2.75) is 239 Å². The van der Waals surface area contributed by atoms with Crippen molar-refractivity contribution in [1.29, 1.82) is 0 Å². The van der Waals surface area contributed by atoms with Gasteiger partial charge in [0.15, 0.2) is 6.10 Å². The van der Waals surface area contributed by atoms with E-state index in [-0.39, 0.29) is 37.5 Å². The van der Waals surface area contributed by atoms with Crippen LogP contribution in [0.1, 0.15) is 233 Å². The molecule has 0 aromatic heterocycles. The summed E-state index contributed by atoms with van der Waals surface area (Å²) < 4.78 is 16.8. The van der Waals surface area contributed by atoms with Gasteiger partial charge in [-0.25, -0.2) is 0 Å². The summed E-state index contributed by atoms with van der Waals surface area (Å²) >= 11 is 0. The Morgan fingerprint density at radius 2 is 0.557 bits per heavy atom. The van der Waals surface area contributed by atoms with Gasteiger partial charge in [0.2, 0.25) is 0 Å². The van der Waals surface area contributed by atoms with Gasteiger partial charge in [0.1, 0.15) is 13.2 Å². The predicted molar refractivity (Wildman–Crippen MR) is 302 cm³/mol. The van der Waals surface area contributed by atoms with Crippen LogP contribution in [0.25, 0.3) is 0 Å². The summed E-state index contributed by atoms with van der Waals surface area (Å²) in [5, 5.41) is 0. The monoisotopic (exact) mass is 967 g/mol. The summed E-state index contributed by atoms with van der Waals surface area (Å²) in [7, 11) is 0. The number of esters is 3. The van der Waals surface area contributed by atoms with Crippen molar-refractivity contribution in [3.8, 4) is 0 Å². The Morgan fingerprint density at radius 1 is 0.300 bits per heavy atom. The molecular weight excluding hydrogens is 865 g/mol. The lowest BCUT2D eigenvalue weighted by Crippen LogP contribution is -2.30. The maximum absolute atomic E-state index is 12.8. The van der Waals surface area contributed by atoms with Crippen LogP contribution in [0.5, 0.6) is 0 Å². The van der Waals surface area contributed by atoms with Gasteiger partial charge in [0.05, 0.1) is 0 Å². The van der Waals surface area contributed by atoms with Gasteiger partial charge in [0.25, 0.3) is 0 Å². The number of carbonyl (C=O) groups excluding carboxylic acids is 3. The number of ether oxygens (including phenoxy) is 3. The van der Waals surface area contributed by atoms with Gasteiger partial charge >= 0.3 is 17.9 Å². The number of unbranched alkanes of at least 4 members (excludes halogenated alkanes) is 16. The minimum Gasteiger partial charge on any atom is -0.462 e. The highest BCUT2D eigenvalue weighted by atomic mass is 16.6. The number of hydrogen-bond donors (Lipinski definition) is 0. The minimum atomic E-state index is -0.810. The topological polar surface area (TPSA) is 78.9 Å². The first-order chi connectivity index (χ1) is 34.5. The lowest BCUT2D eigenvalue weighted by atomic mass is 10.1. The van der Waals surface area contributed by atoms with Crippen LogP contribution in [0.2, 0.25) is 0 Å². The number of allylic oxidation sites excluding steroid dienone is 22. The average molecular weight is 968 g/mol. The standard InChI is InChI=1S/C64H102O6/c1-4-7-10-13-16-19-22-24-26-27-28-29-30-31-32-33-34-35-36-37-39-40-42-45-48-51-54-57-63(66)69-60-61(59-68-62(65)56-53-50-47-44-21-18-15-12-9-6-3)70-64(67)58-55-52-49-46-43-41-38-25-23-20-17-14-11-8-5-2/h7-8,10-11,16-17,19-20,24-26,28-29,31-32,34-35,37-39,43,46,61H,4-6,9,12-15,18,21-23,27,30,33,36,40-42,44-45,47-60H2,1-3H3/b10-7-,11-8-,19-16-,20-17-,26-24-,29-28-,32-31-,35-34-,38-25-,39-37-,46-43-. The fourth-order valence-corrected chi connectivity index (χ4v) is 7.24. The Hall–Kier alpha value is -4.45. The number of carbonyl (C=O) groups is 3. The normalized spacial score (nSPS) is 13.1. The number of hydrogen-bond acceptors (Lipinski definition) is 6. The van der Waals surface area contributed by atoms with Crippen LogP contribution in [-0.4, -0.2) is 37.2 Å². The summed E-state index contributed by atoms with van der Waals surface area (Å²) in [5.41, 5.74) is 0. The van der Waals surface area contributed by atoms with Crippen LogP contribution in [0.4, 0.5) is 0 Å². The number of rotatable bonds is 49. The lowest BCUT2D eigenvalue weighted by molar-refractivity contribution is -0.167. The summed E-state index contributed by atoms with van der Waals surface area (Å²) in [6.45, 7) is 6.33. The molecule has 0 saturated heterocycles. The van der Waals surface area contributed by atoms with Gasteiger partial charge in [-0.2, -0.15) is 0 Å². The van der Waals surface area contributed by atoms with E-state index in [9.17, 15) is 14.4 Å². The van der Waals surface area contributed by atoms with E-state index in [2.05, 4.69) is 154 Å². The lowest BCUT2D eigenvalue weighted by Gasteiger charge is -2.18. The van der Waals surface area contributed by atoms with Gasteiger partial charge in [-0.1, -0.05) is 231 Å². The molecule has 6 nitrogen and oxygen atoms in total. The molecule has 0 radical (unpaired) electrons. The molecule has 0 rings (SSSR count). The second-order valence-electron chi connectivity index (χ2n) is 18.1. The Kier molecular flexibility index (Phi) is 53.5. The maximum atomic E-state index is 12.8. The van der Waals surface area contributed by atoms with Crippen molar-refractivity contribution in [1.82, 2.24) is 0 Å². The smallest absolute Gasteiger partial charge is 0.306 e. The molecule has 0 aliphatic rings. The average Bonchev–Trinajstić information content (AvgIpc) is 3.36. The SMILES string of the molecule is CC/C=C\C/C=C\C/C=C\C/C=C\C/C=C\C/C=C\C/C=C\CCCCCCCC(=O)OCC(COC(=O)CCCCCCCCCCCC)OC(=O)CCCC/C=C\C/C=C\C/C=C\C/C=C\CC. The zero-order valence-electron chi connectivity index (χ0n) is 45.0. The molecule has 0 bridgehead atoms. The van der Waals surface area contributed by atoms with Crippen LogP contribution < -0.4 is 0 Å². The van der Waals surface area contributed by atoms with Crippen LogP contribution >= 0.6 is 0 Å². The molecule has 0 heterocycles. The zero-order valence-corrected chi connectivity index (χ0v) is 45.0. The molecule has 6 heteroatoms. The zero-order chi connectivity index (χ0) is 50.7. The highest BCUT2D eigenvalue weighted by molar-refractivity contribution is 5.71. The van der Waals surface area contributed by atoms with Gasteiger partial charge in [-0.05, 0) is 116 Å². The Balaban J connectivity index is 4.38. The van der Waals surface area contributed by atoms with Crippen LogP contribution in [0, 0.1) is 0 Å². The highest BCUT2D eigenvalue weighted by Gasteiger charge is 2.19. The van der Waals surface area contributed by atoms with E-state index in [1.807, 2.05) is 0 Å². The van der Waals surface area contributed by atoms with E-state index in [0.717, 1.165) is 141 Å². The first-order valence-electron chi connectivity index (χ1n) is 28.2. The molecule has 0 aromatic rings. The van der Waals surface area contributed by atoms with Gasteiger partial charge in [0, 0.05) is 19.3 Å². The van der Waals surface area contributed by atoms with Crippen molar-refractivity contribution >= 4 is 17.9 Å². The van der Waals surface area contributed by atoms with Crippen molar-refractivity contribution in [3.05, 3.63) is 134 Å². The molecule has 0 saturated carbocycles. The molecule has 0 amide bonds. The quantitative estimate of drug-likeness (QED) is 0.0262. The molecule has 70 heavy (non-hydrogen) atoms. The third-order valence-corrected chi connectivity index (χ3v) is 11.4. The second-order valence-corrected chi connectivity index (χ2v) is 18.1. The summed E-state index contributed by atoms with van der Waals surface area (Å²) in [6.07, 6.45) is 80.2. The Bertz CT molecular complexity index is 1530. The molecule has 0 spiro atoms. The van der Waals surface area contributed by atoms with Gasteiger partial charge in [-0.15, -0.1) is 0 Å². The van der Waals surface area contributed by atoms with E-state index in [1.54, 1.807) is 0 Å². The molecule has 1 unspecified atom stereocenters. The Labute approximate surface area is 430 Å². The van der Waals surface area contributed by atoms with Gasteiger partial charge in [-0.3, -0.25) is 14.4 Å². The first kappa shape index (κ1) is 65.5. The van der Waals surface area contributed by atoms with Crippen molar-refractivity contribution in [3.63, 3.8) is 0 Å². The van der Waals surface area contributed by atoms with Crippen molar-refractivity contribution in [2.75, 3.05) is 13.2 Å². The van der Waals surface area contributed by atoms with E-state index in [0.29, 0.717) is 19.3 Å². The molecule has 0 fully saturated rings. The third-order valence-electron chi connectivity index (χ3n) is 11.4. The Morgan fingerprint density at radius 3 is 0.900 bits per heavy atom. The van der Waals surface area contributed by atoms with E-state index in [1.165, 1.54) is 44.9 Å². The van der Waals surface area contributed by atoms with E-state index >= 15 is 0 Å². The van der Waals surface area contributed by atoms with Crippen molar-refractivity contribution < 1.29 is 28.6 Å². The fourth-order valence-electron chi connectivity index (χ4n) is 7.24. The third kappa shape index (κ3) is 54.5. The molecule has 0 N–H and O–H groups in total.